The number of anilines is 2. The monoisotopic (exact) mass is 1010 g/mol. The molecule has 4 unspecified atom stereocenters. The summed E-state index contributed by atoms with van der Waals surface area (Å²) in [6.45, 7) is 4.89. The van der Waals surface area contributed by atoms with Crippen LogP contribution in [0.25, 0.3) is 21.2 Å². The molecule has 0 spiro atoms. The predicted octanol–water partition coefficient (Wildman–Crippen LogP) is 6.73. The number of amides is 3. The number of halogens is 1. The molecule has 6 aliphatic heterocycles. The van der Waals surface area contributed by atoms with Crippen molar-refractivity contribution in [3.05, 3.63) is 99.5 Å². The summed E-state index contributed by atoms with van der Waals surface area (Å²) in [6.07, 6.45) is 10.9. The largest absolute Gasteiger partial charge is 0.479 e. The minimum Gasteiger partial charge on any atom is -0.479 e. The Bertz CT molecular complexity index is 3120. The number of likely N-dealkylation sites (tertiary alicyclic amines) is 1. The van der Waals surface area contributed by atoms with Gasteiger partial charge in [0, 0.05) is 60.5 Å². The molecule has 7 heterocycles. The number of carboxylic acids is 2. The van der Waals surface area contributed by atoms with E-state index < -0.39 is 46.1 Å². The van der Waals surface area contributed by atoms with Crippen LogP contribution in [0.15, 0.2) is 88.5 Å². The van der Waals surface area contributed by atoms with Crippen LogP contribution in [-0.2, 0) is 24.4 Å². The number of allylic oxidation sites excluding steroid dienone is 2. The number of piperidine rings is 3. The van der Waals surface area contributed by atoms with Crippen molar-refractivity contribution < 1.29 is 47.3 Å². The van der Waals surface area contributed by atoms with Crippen LogP contribution in [0.3, 0.4) is 0 Å². The number of carbonyl (C=O) groups is 5. The molecule has 10 rings (SSSR count). The van der Waals surface area contributed by atoms with Crippen molar-refractivity contribution in [2.75, 3.05) is 42.2 Å². The van der Waals surface area contributed by atoms with Gasteiger partial charge in [0.05, 0.1) is 34.1 Å². The lowest BCUT2D eigenvalue weighted by molar-refractivity contribution is -0.139. The lowest BCUT2D eigenvalue weighted by Gasteiger charge is -2.45. The summed E-state index contributed by atoms with van der Waals surface area (Å²) < 4.78 is 35.2. The summed E-state index contributed by atoms with van der Waals surface area (Å²) in [5.74, 6) is -3.78. The topological polar surface area (TPSA) is 228 Å². The molecule has 3 aromatic carbocycles. The number of hydrogen-bond donors (Lipinski definition) is 4. The number of fused-ring (bicyclic) bond motifs is 1. The summed E-state index contributed by atoms with van der Waals surface area (Å²) in [5.41, 5.74) is 4.44. The van der Waals surface area contributed by atoms with Gasteiger partial charge in [-0.2, -0.15) is 4.31 Å². The molecule has 0 radical (unpaired) electrons. The molecule has 70 heavy (non-hydrogen) atoms. The number of nitrogens with one attached hydrogen (secondary N) is 2. The summed E-state index contributed by atoms with van der Waals surface area (Å²) >= 11 is 7.44. The van der Waals surface area contributed by atoms with E-state index in [4.69, 9.17) is 31.4 Å². The van der Waals surface area contributed by atoms with Crippen molar-refractivity contribution in [2.45, 2.75) is 88.0 Å². The van der Waals surface area contributed by atoms with Gasteiger partial charge in [0.25, 0.3) is 5.91 Å². The highest BCUT2D eigenvalue weighted by Gasteiger charge is 2.44. The lowest BCUT2D eigenvalue weighted by atomic mass is 9.85. The Morgan fingerprint density at radius 2 is 1.79 bits per heavy atom. The molecular weight excluding hydrogens is 958 g/mol. The van der Waals surface area contributed by atoms with E-state index in [1.165, 1.54) is 0 Å². The van der Waals surface area contributed by atoms with Gasteiger partial charge in [-0.25, -0.2) is 18.0 Å². The first-order chi connectivity index (χ1) is 33.5. The average molecular weight is 1010 g/mol. The number of hydrogen-bond acceptors (Lipinski definition) is 13. The first-order valence-electron chi connectivity index (χ1n) is 23.2. The van der Waals surface area contributed by atoms with E-state index in [1.54, 1.807) is 33.5 Å². The van der Waals surface area contributed by atoms with Crippen LogP contribution in [-0.4, -0.2) is 131 Å². The van der Waals surface area contributed by atoms with E-state index in [2.05, 4.69) is 27.7 Å². The summed E-state index contributed by atoms with van der Waals surface area (Å²) in [4.78, 5) is 75.3. The minimum atomic E-state index is -3.80. The van der Waals surface area contributed by atoms with Gasteiger partial charge in [0.2, 0.25) is 21.8 Å². The zero-order valence-corrected chi connectivity index (χ0v) is 40.7. The quantitative estimate of drug-likeness (QED) is 0.102. The van der Waals surface area contributed by atoms with Crippen LogP contribution < -0.4 is 20.3 Å². The third-order valence-corrected chi connectivity index (χ3v) is 17.8. The number of sulfonamides is 1. The SMILES string of the molecule is CC1(C)CC(Nc2cccc(-c3sc(C(=O)O)c(OCC(=O)O)c3Cl)c2)CCN1S(=O)(=O)CC1=NC2C=C(N3CCC(c4ccc5c6c(cccc46)C(=O)N5C4CCC(=O)NC4=O)CC3)C=NC2C=C1. The summed E-state index contributed by atoms with van der Waals surface area (Å²) in [6, 6.07) is 15.6. The summed E-state index contributed by atoms with van der Waals surface area (Å²) in [5, 5.41) is 26.6. The smallest absolute Gasteiger partial charge is 0.349 e. The maximum atomic E-state index is 14.2. The van der Waals surface area contributed by atoms with Gasteiger partial charge in [-0.05, 0) is 105 Å². The molecule has 3 saturated heterocycles. The highest BCUT2D eigenvalue weighted by molar-refractivity contribution is 7.89. The number of imide groups is 1. The normalized spacial score (nSPS) is 23.5. The van der Waals surface area contributed by atoms with Crippen molar-refractivity contribution in [1.82, 2.24) is 14.5 Å². The van der Waals surface area contributed by atoms with Crippen molar-refractivity contribution in [3.8, 4) is 16.2 Å². The van der Waals surface area contributed by atoms with Crippen molar-refractivity contribution in [2.24, 2.45) is 9.98 Å². The number of dihydropyridines is 2. The van der Waals surface area contributed by atoms with Gasteiger partial charge in [0.1, 0.15) is 16.8 Å². The Balaban J connectivity index is 0.771. The van der Waals surface area contributed by atoms with Crippen LogP contribution in [0.1, 0.15) is 83.9 Å². The molecule has 17 nitrogen and oxygen atoms in total. The Labute approximate surface area is 412 Å². The Morgan fingerprint density at radius 3 is 2.53 bits per heavy atom. The van der Waals surface area contributed by atoms with Crippen molar-refractivity contribution in [1.29, 1.82) is 0 Å². The average Bonchev–Trinajstić information content (AvgIpc) is 3.81. The molecule has 4 atom stereocenters. The summed E-state index contributed by atoms with van der Waals surface area (Å²) in [7, 11) is -3.80. The predicted molar refractivity (Wildman–Crippen MR) is 267 cm³/mol. The highest BCUT2D eigenvalue weighted by Crippen LogP contribution is 2.47. The van der Waals surface area contributed by atoms with E-state index in [1.807, 2.05) is 56.5 Å². The number of benzene rings is 3. The first kappa shape index (κ1) is 47.3. The van der Waals surface area contributed by atoms with Gasteiger partial charge in [0.15, 0.2) is 17.2 Å². The third-order valence-electron chi connectivity index (χ3n) is 14.1. The van der Waals surface area contributed by atoms with Crippen LogP contribution in [0.2, 0.25) is 5.02 Å². The molecule has 4 N–H and O–H groups in total. The number of carboxylic acid groups (broad SMARTS) is 2. The fourth-order valence-electron chi connectivity index (χ4n) is 10.9. The fraction of sp³-hybridized carbons (Fsp3) is 0.380. The lowest BCUT2D eigenvalue weighted by Crippen LogP contribution is -2.56. The Hall–Kier alpha value is -6.41. The molecule has 20 heteroatoms. The van der Waals surface area contributed by atoms with E-state index in [-0.39, 0.29) is 76.6 Å². The number of aromatic carboxylic acids is 1. The minimum absolute atomic E-state index is 0.00835. The second-order valence-corrected chi connectivity index (χ2v) is 22.4. The highest BCUT2D eigenvalue weighted by atomic mass is 35.5. The van der Waals surface area contributed by atoms with E-state index >= 15 is 0 Å². The van der Waals surface area contributed by atoms with Gasteiger partial charge >= 0.3 is 11.9 Å². The molecule has 1 aromatic heterocycles. The van der Waals surface area contributed by atoms with E-state index in [0.717, 1.165) is 65.0 Å². The van der Waals surface area contributed by atoms with E-state index in [9.17, 15) is 37.5 Å². The standard InChI is InChI=1S/C50H50ClN7O10S2/c1-50(2)23-30(53-29-6-3-5-28(21-29)45-43(51)44(68-25-41(60)61)46(69-45)49(64)65)17-20-57(50)70(66,67)26-31-9-11-36-37(54-31)22-32(24-52-36)56-18-15-27(16-19-56)33-10-12-38-42-34(33)7-4-8-35(42)48(63)58(38)39-13-14-40(59)55-47(39)62/h3-12,21-22,24,27,30,36-37,39,53H,13-20,23,25-26H2,1-2H3,(H,60,61)(H,64,65)(H,55,59,62). The number of aliphatic imine (C=N–C) groups is 2. The fourth-order valence-corrected chi connectivity index (χ4v) is 14.2. The molecule has 6 aliphatic rings. The zero-order valence-electron chi connectivity index (χ0n) is 38.3. The number of aliphatic carboxylic acids is 1. The van der Waals surface area contributed by atoms with E-state index in [0.29, 0.717) is 40.2 Å². The van der Waals surface area contributed by atoms with Crippen molar-refractivity contribution >= 4 is 96.7 Å². The number of thiophene rings is 1. The van der Waals surface area contributed by atoms with Gasteiger partial charge in [-0.1, -0.05) is 48.0 Å². The van der Waals surface area contributed by atoms with Crippen LogP contribution in [0, 0.1) is 0 Å². The van der Waals surface area contributed by atoms with Crippen molar-refractivity contribution in [3.63, 3.8) is 0 Å². The maximum absolute atomic E-state index is 14.2. The van der Waals surface area contributed by atoms with Crippen LogP contribution >= 0.6 is 22.9 Å². The molecule has 364 valence electrons. The number of nitrogens with zero attached hydrogens (tertiary/aromatic N) is 5. The Kier molecular flexibility index (Phi) is 12.4. The van der Waals surface area contributed by atoms with Gasteiger partial charge in [-0.3, -0.25) is 34.6 Å². The molecular formula is C50H50ClN7O10S2. The van der Waals surface area contributed by atoms with Gasteiger partial charge in [-0.15, -0.1) is 11.3 Å². The number of carbonyl (C=O) groups excluding carboxylic acids is 3. The molecule has 0 aliphatic carbocycles. The molecule has 0 bridgehead atoms. The zero-order chi connectivity index (χ0) is 49.2. The van der Waals surface area contributed by atoms with Crippen LogP contribution in [0.5, 0.6) is 5.75 Å². The second kappa shape index (κ2) is 18.4. The number of ether oxygens (including phenoxy) is 1. The third kappa shape index (κ3) is 8.88. The molecule has 4 aromatic rings. The number of rotatable bonds is 13. The Morgan fingerprint density at radius 1 is 1.00 bits per heavy atom. The molecule has 3 fully saturated rings. The molecule has 0 saturated carbocycles. The maximum Gasteiger partial charge on any atom is 0.349 e. The second-order valence-electron chi connectivity index (χ2n) is 19.1. The van der Waals surface area contributed by atoms with Gasteiger partial charge < -0.3 is 25.2 Å². The first-order valence-corrected chi connectivity index (χ1v) is 26.0. The van der Waals surface area contributed by atoms with Crippen LogP contribution in [0.4, 0.5) is 11.4 Å². The molecule has 3 amide bonds.